The third kappa shape index (κ3) is 4.33. The largest absolute Gasteiger partial charge is 0.395 e. The molecule has 0 saturated carbocycles. The Balaban J connectivity index is 2.61. The Morgan fingerprint density at radius 2 is 2.13 bits per heavy atom. The van der Waals surface area contributed by atoms with E-state index < -0.39 is 0 Å². The molecule has 2 nitrogen and oxygen atoms in total. The Morgan fingerprint density at radius 3 is 2.60 bits per heavy atom. The van der Waals surface area contributed by atoms with Crippen LogP contribution >= 0.6 is 11.3 Å². The third-order valence-electron chi connectivity index (χ3n) is 2.35. The molecule has 2 atom stereocenters. The fraction of sp³-hybridized carbons (Fsp3) is 0.667. The molecule has 0 radical (unpaired) electrons. The topological polar surface area (TPSA) is 32.3 Å². The molecule has 0 aliphatic rings. The SMILES string of the molecule is CC(C)CC(N[C@H](C)CO)c1cccs1. The molecule has 1 unspecified atom stereocenters. The molecule has 0 aromatic carbocycles. The second kappa shape index (κ2) is 6.26. The van der Waals surface area contributed by atoms with Gasteiger partial charge in [0, 0.05) is 17.0 Å². The van der Waals surface area contributed by atoms with Crippen LogP contribution in [0.4, 0.5) is 0 Å². The standard InChI is InChI=1S/C12H21NOS/c1-9(2)7-11(13-10(3)8-14)12-5-4-6-15-12/h4-6,9-11,13-14H,7-8H2,1-3H3/t10-,11?/m1/s1. The van der Waals surface area contributed by atoms with E-state index in [-0.39, 0.29) is 12.6 Å². The molecule has 86 valence electrons. The molecule has 1 aromatic rings. The Kier molecular flexibility index (Phi) is 5.29. The van der Waals surface area contributed by atoms with E-state index in [2.05, 4.69) is 36.7 Å². The van der Waals surface area contributed by atoms with Crippen molar-refractivity contribution in [2.45, 2.75) is 39.3 Å². The quantitative estimate of drug-likeness (QED) is 0.783. The summed E-state index contributed by atoms with van der Waals surface area (Å²) in [5.74, 6) is 0.662. The van der Waals surface area contributed by atoms with Crippen LogP contribution in [0.15, 0.2) is 17.5 Å². The summed E-state index contributed by atoms with van der Waals surface area (Å²) in [5.41, 5.74) is 0. The van der Waals surface area contributed by atoms with Gasteiger partial charge in [0.2, 0.25) is 0 Å². The maximum absolute atomic E-state index is 9.06. The lowest BCUT2D eigenvalue weighted by atomic mass is 10.0. The van der Waals surface area contributed by atoms with E-state index in [1.165, 1.54) is 4.88 Å². The molecular formula is C12H21NOS. The Labute approximate surface area is 96.3 Å². The van der Waals surface area contributed by atoms with Crippen LogP contribution in [0.3, 0.4) is 0 Å². The van der Waals surface area contributed by atoms with Crippen LogP contribution in [0.2, 0.25) is 0 Å². The van der Waals surface area contributed by atoms with Crippen molar-refractivity contribution in [2.24, 2.45) is 5.92 Å². The fourth-order valence-corrected chi connectivity index (χ4v) is 2.42. The molecule has 2 N–H and O–H groups in total. The lowest BCUT2D eigenvalue weighted by Gasteiger charge is -2.22. The molecule has 0 saturated heterocycles. The van der Waals surface area contributed by atoms with E-state index >= 15 is 0 Å². The first-order valence-corrected chi connectivity index (χ1v) is 6.41. The minimum Gasteiger partial charge on any atom is -0.395 e. The van der Waals surface area contributed by atoms with Crippen molar-refractivity contribution in [1.29, 1.82) is 0 Å². The highest BCUT2D eigenvalue weighted by molar-refractivity contribution is 7.10. The van der Waals surface area contributed by atoms with Crippen LogP contribution < -0.4 is 5.32 Å². The summed E-state index contributed by atoms with van der Waals surface area (Å²) in [5, 5.41) is 14.6. The van der Waals surface area contributed by atoms with Crippen molar-refractivity contribution < 1.29 is 5.11 Å². The van der Waals surface area contributed by atoms with Crippen molar-refractivity contribution >= 4 is 11.3 Å². The van der Waals surface area contributed by atoms with Crippen molar-refractivity contribution in [1.82, 2.24) is 5.32 Å². The average Bonchev–Trinajstić information content (AvgIpc) is 2.68. The van der Waals surface area contributed by atoms with Crippen LogP contribution in [-0.2, 0) is 0 Å². The minimum atomic E-state index is 0.163. The predicted octanol–water partition coefficient (Wildman–Crippen LogP) is 2.81. The van der Waals surface area contributed by atoms with Crippen LogP contribution in [0.25, 0.3) is 0 Å². The van der Waals surface area contributed by atoms with Crippen molar-refractivity contribution in [3.05, 3.63) is 22.4 Å². The van der Waals surface area contributed by atoms with E-state index in [0.29, 0.717) is 12.0 Å². The smallest absolute Gasteiger partial charge is 0.0582 e. The lowest BCUT2D eigenvalue weighted by Crippen LogP contribution is -2.33. The molecule has 0 bridgehead atoms. The first kappa shape index (κ1) is 12.7. The number of aliphatic hydroxyl groups is 1. The maximum atomic E-state index is 9.06. The van der Waals surface area contributed by atoms with E-state index in [9.17, 15) is 0 Å². The summed E-state index contributed by atoms with van der Waals surface area (Å²) in [7, 11) is 0. The molecule has 0 spiro atoms. The Morgan fingerprint density at radius 1 is 1.40 bits per heavy atom. The monoisotopic (exact) mass is 227 g/mol. The highest BCUT2D eigenvalue weighted by Gasteiger charge is 2.16. The molecule has 15 heavy (non-hydrogen) atoms. The predicted molar refractivity (Wildman–Crippen MR) is 66.2 cm³/mol. The summed E-state index contributed by atoms with van der Waals surface area (Å²) in [4.78, 5) is 1.36. The van der Waals surface area contributed by atoms with E-state index in [0.717, 1.165) is 6.42 Å². The van der Waals surface area contributed by atoms with Gasteiger partial charge in [-0.3, -0.25) is 0 Å². The zero-order valence-corrected chi connectivity index (χ0v) is 10.6. The number of hydrogen-bond acceptors (Lipinski definition) is 3. The van der Waals surface area contributed by atoms with Gasteiger partial charge in [-0.2, -0.15) is 0 Å². The van der Waals surface area contributed by atoms with Gasteiger partial charge in [0.05, 0.1) is 6.61 Å². The van der Waals surface area contributed by atoms with Gasteiger partial charge in [-0.1, -0.05) is 19.9 Å². The first-order chi connectivity index (χ1) is 7.13. The van der Waals surface area contributed by atoms with Crippen molar-refractivity contribution in [2.75, 3.05) is 6.61 Å². The second-order valence-corrected chi connectivity index (χ2v) is 5.43. The third-order valence-corrected chi connectivity index (χ3v) is 3.34. The van der Waals surface area contributed by atoms with Gasteiger partial charge < -0.3 is 10.4 Å². The van der Waals surface area contributed by atoms with Gasteiger partial charge in [0.15, 0.2) is 0 Å². The maximum Gasteiger partial charge on any atom is 0.0582 e. The number of thiophene rings is 1. The summed E-state index contributed by atoms with van der Waals surface area (Å²) < 4.78 is 0. The number of aliphatic hydroxyl groups excluding tert-OH is 1. The highest BCUT2D eigenvalue weighted by Crippen LogP contribution is 2.25. The van der Waals surface area contributed by atoms with Gasteiger partial charge in [0.25, 0.3) is 0 Å². The number of hydrogen-bond donors (Lipinski definition) is 2. The van der Waals surface area contributed by atoms with E-state index in [4.69, 9.17) is 5.11 Å². The molecule has 0 aliphatic heterocycles. The molecule has 0 fully saturated rings. The molecule has 1 rings (SSSR count). The van der Waals surface area contributed by atoms with Gasteiger partial charge in [0.1, 0.15) is 0 Å². The van der Waals surface area contributed by atoms with Crippen LogP contribution in [0.1, 0.15) is 38.1 Å². The summed E-state index contributed by atoms with van der Waals surface area (Å²) in [6, 6.07) is 4.79. The fourth-order valence-electron chi connectivity index (χ4n) is 1.62. The summed E-state index contributed by atoms with van der Waals surface area (Å²) in [6.45, 7) is 6.67. The van der Waals surface area contributed by atoms with Crippen LogP contribution in [-0.4, -0.2) is 17.8 Å². The number of rotatable bonds is 6. The summed E-state index contributed by atoms with van der Waals surface area (Å²) in [6.07, 6.45) is 1.12. The molecule has 1 heterocycles. The molecule has 3 heteroatoms. The Hall–Kier alpha value is -0.380. The second-order valence-electron chi connectivity index (χ2n) is 4.45. The average molecular weight is 227 g/mol. The normalized spacial score (nSPS) is 15.5. The van der Waals surface area contributed by atoms with Gasteiger partial charge >= 0.3 is 0 Å². The van der Waals surface area contributed by atoms with E-state index in [1.54, 1.807) is 11.3 Å². The van der Waals surface area contributed by atoms with Gasteiger partial charge in [-0.15, -0.1) is 11.3 Å². The van der Waals surface area contributed by atoms with Crippen molar-refractivity contribution in [3.63, 3.8) is 0 Å². The molecule has 0 amide bonds. The zero-order valence-electron chi connectivity index (χ0n) is 9.73. The van der Waals surface area contributed by atoms with Crippen molar-refractivity contribution in [3.8, 4) is 0 Å². The Bertz CT molecular complexity index is 259. The first-order valence-electron chi connectivity index (χ1n) is 5.53. The van der Waals surface area contributed by atoms with Gasteiger partial charge in [-0.05, 0) is 30.7 Å². The van der Waals surface area contributed by atoms with Crippen LogP contribution in [0, 0.1) is 5.92 Å². The summed E-state index contributed by atoms with van der Waals surface area (Å²) >= 11 is 1.78. The van der Waals surface area contributed by atoms with Gasteiger partial charge in [-0.25, -0.2) is 0 Å². The molecule has 0 aliphatic carbocycles. The number of nitrogens with one attached hydrogen (secondary N) is 1. The molecule has 1 aromatic heterocycles. The van der Waals surface area contributed by atoms with E-state index in [1.807, 2.05) is 6.92 Å². The highest BCUT2D eigenvalue weighted by atomic mass is 32.1. The minimum absolute atomic E-state index is 0.163. The lowest BCUT2D eigenvalue weighted by molar-refractivity contribution is 0.235. The molecular weight excluding hydrogens is 206 g/mol. The van der Waals surface area contributed by atoms with Crippen LogP contribution in [0.5, 0.6) is 0 Å². The zero-order chi connectivity index (χ0) is 11.3.